The molecule has 3 aromatic heterocycles. The van der Waals surface area contributed by atoms with Crippen LogP contribution in [0, 0.1) is 5.92 Å². The smallest absolute Gasteiger partial charge is 0.0780 e. The Labute approximate surface area is 228 Å². The van der Waals surface area contributed by atoms with Crippen LogP contribution in [0.2, 0.25) is 0 Å². The SMILES string of the molecule is C1=C(c2ccc3sc4cccc(-c5ccc6cnccc6c5)c4c3c2)C2CC2=c2c(ccc3cccnc23)=C1. The van der Waals surface area contributed by atoms with Gasteiger partial charge in [0, 0.05) is 60.7 Å². The predicted octanol–water partition coefficient (Wildman–Crippen LogP) is 7.87. The van der Waals surface area contributed by atoms with E-state index in [-0.39, 0.29) is 0 Å². The molecule has 4 aromatic carbocycles. The Morgan fingerprint density at radius 1 is 0.718 bits per heavy atom. The number of allylic oxidation sites excluding steroid dienone is 2. The Morgan fingerprint density at radius 2 is 1.67 bits per heavy atom. The summed E-state index contributed by atoms with van der Waals surface area (Å²) in [6.45, 7) is 0. The van der Waals surface area contributed by atoms with Crippen molar-refractivity contribution in [1.29, 1.82) is 0 Å². The van der Waals surface area contributed by atoms with Gasteiger partial charge in [0.05, 0.1) is 5.52 Å². The van der Waals surface area contributed by atoms with Gasteiger partial charge in [-0.05, 0) is 75.7 Å². The summed E-state index contributed by atoms with van der Waals surface area (Å²) in [5.74, 6) is 0.464. The molecule has 9 rings (SSSR count). The van der Waals surface area contributed by atoms with Gasteiger partial charge in [-0.2, -0.15) is 0 Å². The van der Waals surface area contributed by atoms with Crippen LogP contribution in [-0.4, -0.2) is 9.97 Å². The number of rotatable bonds is 2. The van der Waals surface area contributed by atoms with E-state index in [1.54, 1.807) is 0 Å². The molecule has 0 N–H and O–H groups in total. The lowest BCUT2D eigenvalue weighted by Gasteiger charge is -2.08. The standard InChI is InChI=1S/C36H22N2S/c1-4-28(24-8-9-26-20-37-16-14-23(26)17-24)35-31-18-25(11-13-32(31)39-33(35)5-1)27-12-10-21-6-7-22-3-2-15-38-36(22)34(21)30-19-29(27)30/h1-18,20,29H,19H2. The lowest BCUT2D eigenvalue weighted by Crippen LogP contribution is -2.25. The number of aromatic nitrogens is 2. The number of thiophene rings is 1. The number of nitrogens with zero attached hydrogens (tertiary/aromatic N) is 2. The van der Waals surface area contributed by atoms with Crippen molar-refractivity contribution in [2.24, 2.45) is 5.92 Å². The molecular formula is C36H22N2S. The minimum atomic E-state index is 0.464. The summed E-state index contributed by atoms with van der Waals surface area (Å²) < 4.78 is 2.67. The third-order valence-electron chi connectivity index (χ3n) is 8.41. The first kappa shape index (κ1) is 21.3. The molecule has 7 aromatic rings. The van der Waals surface area contributed by atoms with Crippen molar-refractivity contribution in [3.05, 3.63) is 126 Å². The van der Waals surface area contributed by atoms with Crippen LogP contribution < -0.4 is 10.4 Å². The van der Waals surface area contributed by atoms with Crippen molar-refractivity contribution in [3.8, 4) is 11.1 Å². The van der Waals surface area contributed by atoms with Crippen molar-refractivity contribution in [3.63, 3.8) is 0 Å². The van der Waals surface area contributed by atoms with Gasteiger partial charge in [0.2, 0.25) is 0 Å². The monoisotopic (exact) mass is 514 g/mol. The van der Waals surface area contributed by atoms with Crippen LogP contribution in [0.5, 0.6) is 0 Å². The third kappa shape index (κ3) is 3.20. The first-order valence-corrected chi connectivity index (χ1v) is 14.2. The highest BCUT2D eigenvalue weighted by atomic mass is 32.1. The van der Waals surface area contributed by atoms with Crippen LogP contribution in [0.15, 0.2) is 110 Å². The summed E-state index contributed by atoms with van der Waals surface area (Å²) in [5, 5.41) is 8.93. The van der Waals surface area contributed by atoms with Crippen molar-refractivity contribution in [1.82, 2.24) is 9.97 Å². The molecule has 2 aliphatic rings. The van der Waals surface area contributed by atoms with Crippen LogP contribution >= 0.6 is 11.3 Å². The fourth-order valence-electron chi connectivity index (χ4n) is 6.46. The summed E-state index contributed by atoms with van der Waals surface area (Å²) in [7, 11) is 0. The van der Waals surface area contributed by atoms with E-state index in [2.05, 4.69) is 96.0 Å². The largest absolute Gasteiger partial charge is 0.264 e. The molecule has 1 unspecified atom stereocenters. The molecule has 2 aliphatic carbocycles. The highest BCUT2D eigenvalue weighted by Gasteiger charge is 2.36. The molecule has 1 fully saturated rings. The van der Waals surface area contributed by atoms with Gasteiger partial charge in [-0.25, -0.2) is 0 Å². The van der Waals surface area contributed by atoms with Crippen molar-refractivity contribution in [2.75, 3.05) is 0 Å². The highest BCUT2D eigenvalue weighted by Crippen LogP contribution is 2.50. The van der Waals surface area contributed by atoms with Gasteiger partial charge in [-0.1, -0.05) is 66.3 Å². The van der Waals surface area contributed by atoms with Gasteiger partial charge in [0.25, 0.3) is 0 Å². The molecule has 3 heteroatoms. The first-order chi connectivity index (χ1) is 19.3. The molecule has 3 heterocycles. The zero-order valence-corrected chi connectivity index (χ0v) is 21.9. The van der Waals surface area contributed by atoms with E-state index in [1.807, 2.05) is 36.0 Å². The first-order valence-electron chi connectivity index (χ1n) is 13.4. The Hall–Kier alpha value is -4.60. The average molecular weight is 515 g/mol. The number of pyridine rings is 2. The molecule has 0 bridgehead atoms. The number of hydrogen-bond donors (Lipinski definition) is 0. The van der Waals surface area contributed by atoms with E-state index < -0.39 is 0 Å². The third-order valence-corrected chi connectivity index (χ3v) is 9.55. The molecular weight excluding hydrogens is 492 g/mol. The maximum Gasteiger partial charge on any atom is 0.0780 e. The van der Waals surface area contributed by atoms with Crippen LogP contribution in [0.25, 0.3) is 70.2 Å². The predicted molar refractivity (Wildman–Crippen MR) is 165 cm³/mol. The minimum absolute atomic E-state index is 0.464. The molecule has 2 nitrogen and oxygen atoms in total. The quantitative estimate of drug-likeness (QED) is 0.235. The molecule has 182 valence electrons. The summed E-state index contributed by atoms with van der Waals surface area (Å²) in [5.41, 5.74) is 7.94. The number of fused-ring (bicyclic) bond motifs is 8. The average Bonchev–Trinajstić information content (AvgIpc) is 3.70. The summed E-state index contributed by atoms with van der Waals surface area (Å²) in [4.78, 5) is 9.06. The molecule has 39 heavy (non-hydrogen) atoms. The fourth-order valence-corrected chi connectivity index (χ4v) is 7.58. The topological polar surface area (TPSA) is 25.8 Å². The van der Waals surface area contributed by atoms with Gasteiger partial charge in [-0.3, -0.25) is 9.97 Å². The molecule has 0 aliphatic heterocycles. The van der Waals surface area contributed by atoms with Gasteiger partial charge >= 0.3 is 0 Å². The molecule has 0 saturated heterocycles. The maximum atomic E-state index is 4.77. The lowest BCUT2D eigenvalue weighted by molar-refractivity contribution is 1.19. The van der Waals surface area contributed by atoms with Gasteiger partial charge < -0.3 is 0 Å². The summed E-state index contributed by atoms with van der Waals surface area (Å²) in [6.07, 6.45) is 11.5. The summed E-state index contributed by atoms with van der Waals surface area (Å²) in [6, 6.07) is 31.2. The van der Waals surface area contributed by atoms with Crippen molar-refractivity contribution in [2.45, 2.75) is 6.42 Å². The van der Waals surface area contributed by atoms with Crippen LogP contribution in [0.3, 0.4) is 0 Å². The van der Waals surface area contributed by atoms with Crippen LogP contribution in [0.4, 0.5) is 0 Å². The molecule has 0 spiro atoms. The minimum Gasteiger partial charge on any atom is -0.264 e. The molecule has 0 radical (unpaired) electrons. The second-order valence-corrected chi connectivity index (χ2v) is 11.7. The molecule has 0 amide bonds. The van der Waals surface area contributed by atoms with Gasteiger partial charge in [0.1, 0.15) is 0 Å². The Balaban J connectivity index is 1.23. The van der Waals surface area contributed by atoms with E-state index >= 15 is 0 Å². The maximum absolute atomic E-state index is 4.77. The van der Waals surface area contributed by atoms with Gasteiger partial charge in [0.15, 0.2) is 0 Å². The van der Waals surface area contributed by atoms with Crippen molar-refractivity contribution >= 4 is 70.4 Å². The molecule has 1 atom stereocenters. The fraction of sp³-hybridized carbons (Fsp3) is 0.0556. The van der Waals surface area contributed by atoms with E-state index in [1.165, 1.54) is 74.6 Å². The Bertz CT molecular complexity index is 2320. The van der Waals surface area contributed by atoms with Gasteiger partial charge in [-0.15, -0.1) is 11.3 Å². The molecule has 1 saturated carbocycles. The second kappa shape index (κ2) is 7.95. The lowest BCUT2D eigenvalue weighted by atomic mass is 9.95. The van der Waals surface area contributed by atoms with E-state index in [4.69, 9.17) is 4.98 Å². The van der Waals surface area contributed by atoms with Crippen LogP contribution in [-0.2, 0) is 0 Å². The van der Waals surface area contributed by atoms with E-state index in [0.29, 0.717) is 5.92 Å². The summed E-state index contributed by atoms with van der Waals surface area (Å²) >= 11 is 1.89. The zero-order valence-electron chi connectivity index (χ0n) is 21.1. The van der Waals surface area contributed by atoms with E-state index in [9.17, 15) is 0 Å². The van der Waals surface area contributed by atoms with Crippen molar-refractivity contribution < 1.29 is 0 Å². The Kier molecular flexibility index (Phi) is 4.35. The second-order valence-electron chi connectivity index (χ2n) is 10.6. The van der Waals surface area contributed by atoms with Crippen LogP contribution in [0.1, 0.15) is 12.0 Å². The Morgan fingerprint density at radius 3 is 2.67 bits per heavy atom. The number of hydrogen-bond acceptors (Lipinski definition) is 3. The van der Waals surface area contributed by atoms with E-state index in [0.717, 1.165) is 11.9 Å². The number of benzene rings is 4. The zero-order chi connectivity index (χ0) is 25.5. The normalized spacial score (nSPS) is 16.2. The highest BCUT2D eigenvalue weighted by molar-refractivity contribution is 7.25.